The summed E-state index contributed by atoms with van der Waals surface area (Å²) in [7, 11) is 0. The maximum atomic E-state index is 12.9. The van der Waals surface area contributed by atoms with E-state index in [1.165, 1.54) is 12.4 Å². The fourth-order valence-corrected chi connectivity index (χ4v) is 2.63. The van der Waals surface area contributed by atoms with E-state index >= 15 is 0 Å². The smallest absolute Gasteiger partial charge is 0.361 e. The lowest BCUT2D eigenvalue weighted by Gasteiger charge is -2.18. The summed E-state index contributed by atoms with van der Waals surface area (Å²) in [5.41, 5.74) is 7.37. The number of nitrogens with zero attached hydrogens (tertiary/aromatic N) is 2. The minimum absolute atomic E-state index is 0.0787. The molecule has 7 nitrogen and oxygen atoms in total. The molecule has 1 atom stereocenters. The number of nitrogens with one attached hydrogen (secondary N) is 1. The molecule has 142 valence electrons. The van der Waals surface area contributed by atoms with Crippen molar-refractivity contribution in [1.29, 1.82) is 0 Å². The van der Waals surface area contributed by atoms with E-state index in [4.69, 9.17) is 22.1 Å². The highest BCUT2D eigenvalue weighted by atomic mass is 35.5. The molecule has 0 radical (unpaired) electrons. The third-order valence-corrected chi connectivity index (χ3v) is 4.33. The van der Waals surface area contributed by atoms with Crippen LogP contribution in [0.3, 0.4) is 0 Å². The van der Waals surface area contributed by atoms with Crippen LogP contribution in [0.4, 0.5) is 11.5 Å². The zero-order valence-corrected chi connectivity index (χ0v) is 15.7. The highest BCUT2D eigenvalue weighted by Crippen LogP contribution is 2.24. The van der Waals surface area contributed by atoms with Crippen molar-refractivity contribution in [2.75, 3.05) is 11.1 Å². The summed E-state index contributed by atoms with van der Waals surface area (Å²) in [6, 6.07) is 13.7. The number of hydrogen-bond acceptors (Lipinski definition) is 6. The second-order valence-corrected chi connectivity index (χ2v) is 6.35. The van der Waals surface area contributed by atoms with Gasteiger partial charge in [-0.2, -0.15) is 0 Å². The number of esters is 1. The summed E-state index contributed by atoms with van der Waals surface area (Å²) in [4.78, 5) is 33.0. The van der Waals surface area contributed by atoms with Gasteiger partial charge >= 0.3 is 5.97 Å². The zero-order chi connectivity index (χ0) is 20.1. The number of nitrogens with two attached hydrogens (primary N) is 1. The molecule has 0 aliphatic heterocycles. The highest BCUT2D eigenvalue weighted by molar-refractivity contribution is 6.31. The first kappa shape index (κ1) is 19.3. The van der Waals surface area contributed by atoms with Gasteiger partial charge in [-0.15, -0.1) is 0 Å². The summed E-state index contributed by atoms with van der Waals surface area (Å²) >= 11 is 6.11. The third kappa shape index (κ3) is 4.44. The van der Waals surface area contributed by atoms with Gasteiger partial charge in [-0.1, -0.05) is 48.0 Å². The first-order valence-electron chi connectivity index (χ1n) is 8.35. The highest BCUT2D eigenvalue weighted by Gasteiger charge is 2.27. The van der Waals surface area contributed by atoms with Crippen LogP contribution in [-0.2, 0) is 9.53 Å². The Kier molecular flexibility index (Phi) is 5.86. The van der Waals surface area contributed by atoms with Gasteiger partial charge in [0.2, 0.25) is 6.10 Å². The molecular formula is C20H17ClN4O3. The van der Waals surface area contributed by atoms with E-state index in [1.54, 1.807) is 48.5 Å². The number of aromatic nitrogens is 2. The molecule has 0 spiro atoms. The minimum Gasteiger partial charge on any atom is -0.442 e. The van der Waals surface area contributed by atoms with Crippen LogP contribution in [0.1, 0.15) is 27.7 Å². The predicted molar refractivity (Wildman–Crippen MR) is 106 cm³/mol. The second kappa shape index (κ2) is 8.49. The maximum Gasteiger partial charge on any atom is 0.361 e. The summed E-state index contributed by atoms with van der Waals surface area (Å²) < 4.78 is 5.42. The molecule has 0 saturated heterocycles. The number of ether oxygens (including phenoxy) is 1. The van der Waals surface area contributed by atoms with Crippen LogP contribution >= 0.6 is 11.6 Å². The van der Waals surface area contributed by atoms with Gasteiger partial charge < -0.3 is 15.8 Å². The Labute approximate surface area is 166 Å². The van der Waals surface area contributed by atoms with E-state index in [0.29, 0.717) is 16.3 Å². The van der Waals surface area contributed by atoms with E-state index in [1.807, 2.05) is 6.92 Å². The summed E-state index contributed by atoms with van der Waals surface area (Å²) in [6.07, 6.45) is 1.46. The molecule has 1 aromatic heterocycles. The van der Waals surface area contributed by atoms with Gasteiger partial charge in [0.05, 0.1) is 0 Å². The molecule has 1 amide bonds. The number of carbonyl (C=O) groups is 2. The Morgan fingerprint density at radius 2 is 1.82 bits per heavy atom. The van der Waals surface area contributed by atoms with Gasteiger partial charge in [0.1, 0.15) is 0 Å². The van der Waals surface area contributed by atoms with Crippen molar-refractivity contribution < 1.29 is 14.3 Å². The quantitative estimate of drug-likeness (QED) is 0.638. The minimum atomic E-state index is -1.21. The van der Waals surface area contributed by atoms with Crippen LogP contribution in [0.15, 0.2) is 60.9 Å². The topological polar surface area (TPSA) is 107 Å². The molecule has 8 heteroatoms. The van der Waals surface area contributed by atoms with Crippen molar-refractivity contribution in [1.82, 2.24) is 9.97 Å². The number of aryl methyl sites for hydroxylation is 1. The van der Waals surface area contributed by atoms with Crippen molar-refractivity contribution >= 4 is 35.0 Å². The van der Waals surface area contributed by atoms with E-state index in [9.17, 15) is 9.59 Å². The molecule has 0 fully saturated rings. The largest absolute Gasteiger partial charge is 0.442 e. The van der Waals surface area contributed by atoms with Crippen molar-refractivity contribution in [2.45, 2.75) is 13.0 Å². The SMILES string of the molecule is Cc1ccc(NC(=O)C(OC(=O)c2nccnc2N)c2ccccc2)cc1Cl. The van der Waals surface area contributed by atoms with E-state index < -0.39 is 18.0 Å². The molecule has 3 N–H and O–H groups in total. The monoisotopic (exact) mass is 396 g/mol. The number of halogens is 1. The van der Waals surface area contributed by atoms with Crippen molar-refractivity contribution in [3.8, 4) is 0 Å². The standard InChI is InChI=1S/C20H17ClN4O3/c1-12-7-8-14(11-15(12)21)25-19(26)17(13-5-3-2-4-6-13)28-20(27)16-18(22)24-10-9-23-16/h2-11,17H,1H3,(H2,22,24)(H,25,26). The molecule has 0 saturated carbocycles. The molecule has 0 aliphatic rings. The van der Waals surface area contributed by atoms with Gasteiger partial charge in [-0.3, -0.25) is 4.79 Å². The Hall–Kier alpha value is -3.45. The normalized spacial score (nSPS) is 11.5. The van der Waals surface area contributed by atoms with E-state index in [-0.39, 0.29) is 11.5 Å². The summed E-state index contributed by atoms with van der Waals surface area (Å²) in [5, 5.41) is 3.22. The first-order chi connectivity index (χ1) is 13.5. The van der Waals surface area contributed by atoms with Crippen molar-refractivity contribution in [2.24, 2.45) is 0 Å². The van der Waals surface area contributed by atoms with Crippen LogP contribution < -0.4 is 11.1 Å². The lowest BCUT2D eigenvalue weighted by atomic mass is 10.1. The summed E-state index contributed by atoms with van der Waals surface area (Å²) in [5.74, 6) is -1.47. The lowest BCUT2D eigenvalue weighted by Crippen LogP contribution is -2.26. The Morgan fingerprint density at radius 3 is 2.50 bits per heavy atom. The Bertz CT molecular complexity index is 1010. The molecule has 0 bridgehead atoms. The molecule has 1 heterocycles. The maximum absolute atomic E-state index is 12.9. The molecule has 2 aromatic carbocycles. The van der Waals surface area contributed by atoms with E-state index in [0.717, 1.165) is 5.56 Å². The van der Waals surface area contributed by atoms with Crippen molar-refractivity contribution in [3.63, 3.8) is 0 Å². The van der Waals surface area contributed by atoms with Gasteiger partial charge in [-0.05, 0) is 24.6 Å². The average molecular weight is 397 g/mol. The molecular weight excluding hydrogens is 380 g/mol. The van der Waals surface area contributed by atoms with Gasteiger partial charge in [0.15, 0.2) is 11.5 Å². The number of amides is 1. The molecule has 3 aromatic rings. The molecule has 3 rings (SSSR count). The van der Waals surface area contributed by atoms with Gasteiger partial charge in [0, 0.05) is 28.7 Å². The second-order valence-electron chi connectivity index (χ2n) is 5.94. The fourth-order valence-electron chi connectivity index (χ4n) is 2.45. The number of carbonyl (C=O) groups excluding carboxylic acids is 2. The first-order valence-corrected chi connectivity index (χ1v) is 8.73. The fraction of sp³-hybridized carbons (Fsp3) is 0.100. The van der Waals surface area contributed by atoms with Gasteiger partial charge in [0.25, 0.3) is 5.91 Å². The average Bonchev–Trinajstić information content (AvgIpc) is 2.69. The van der Waals surface area contributed by atoms with Gasteiger partial charge in [-0.25, -0.2) is 14.8 Å². The number of benzene rings is 2. The summed E-state index contributed by atoms with van der Waals surface area (Å²) in [6.45, 7) is 1.85. The molecule has 1 unspecified atom stereocenters. The lowest BCUT2D eigenvalue weighted by molar-refractivity contribution is -0.125. The van der Waals surface area contributed by atoms with Crippen LogP contribution in [-0.4, -0.2) is 21.8 Å². The van der Waals surface area contributed by atoms with Crippen molar-refractivity contribution in [3.05, 3.63) is 82.8 Å². The number of anilines is 2. The molecule has 28 heavy (non-hydrogen) atoms. The Balaban J connectivity index is 1.86. The van der Waals surface area contributed by atoms with Crippen LogP contribution in [0.25, 0.3) is 0 Å². The van der Waals surface area contributed by atoms with Crippen LogP contribution in [0.2, 0.25) is 5.02 Å². The number of rotatable bonds is 5. The van der Waals surface area contributed by atoms with Crippen LogP contribution in [0.5, 0.6) is 0 Å². The number of nitrogen functional groups attached to an aromatic ring is 1. The van der Waals surface area contributed by atoms with E-state index in [2.05, 4.69) is 15.3 Å². The molecule has 0 aliphatic carbocycles. The number of hydrogen-bond donors (Lipinski definition) is 2. The zero-order valence-electron chi connectivity index (χ0n) is 14.9. The Morgan fingerprint density at radius 1 is 1.11 bits per heavy atom. The third-order valence-electron chi connectivity index (χ3n) is 3.92. The predicted octanol–water partition coefficient (Wildman–Crippen LogP) is 3.56. The van der Waals surface area contributed by atoms with Crippen LogP contribution in [0, 0.1) is 6.92 Å².